The van der Waals surface area contributed by atoms with Gasteiger partial charge >= 0.3 is 0 Å². The molecule has 5 heteroatoms. The summed E-state index contributed by atoms with van der Waals surface area (Å²) < 4.78 is 2.26. The third kappa shape index (κ3) is 6.64. The van der Waals surface area contributed by atoms with Gasteiger partial charge in [0.15, 0.2) is 6.23 Å². The molecule has 2 N–H and O–H groups in total. The molecule has 4 aliphatic heterocycles. The van der Waals surface area contributed by atoms with E-state index in [2.05, 4.69) is 176 Å². The van der Waals surface area contributed by atoms with Gasteiger partial charge in [0.1, 0.15) is 0 Å². The Bertz CT molecular complexity index is 2930. The number of hydrogen-bond acceptors (Lipinski definition) is 5. The largest absolute Gasteiger partial charge is 0.369 e. The Balaban J connectivity index is 1.46. The van der Waals surface area contributed by atoms with E-state index in [0.717, 1.165) is 98.7 Å². The monoisotopic (exact) mass is 773 g/mol. The fourth-order valence-electron chi connectivity index (χ4n) is 9.05. The van der Waals surface area contributed by atoms with Crippen LogP contribution in [0.2, 0.25) is 0 Å². The average molecular weight is 774 g/mol. The number of hydrogen-bond donors (Lipinski definition) is 2. The molecule has 1 unspecified atom stereocenters. The zero-order chi connectivity index (χ0) is 40.4. The second-order valence-corrected chi connectivity index (χ2v) is 17.2. The molecule has 5 heterocycles. The van der Waals surface area contributed by atoms with Gasteiger partial charge in [-0.25, -0.2) is 9.98 Å². The maximum atomic E-state index is 12.0. The van der Waals surface area contributed by atoms with Crippen molar-refractivity contribution in [3.05, 3.63) is 220 Å². The van der Waals surface area contributed by atoms with E-state index in [1.165, 1.54) is 33.4 Å². The molecular weight excluding hydrogens is 727 g/mol. The van der Waals surface area contributed by atoms with Crippen molar-refractivity contribution in [3.63, 3.8) is 0 Å². The van der Waals surface area contributed by atoms with Crippen LogP contribution in [0.5, 0.6) is 0 Å². The molecule has 4 aromatic carbocycles. The molecule has 286 valence electrons. The van der Waals surface area contributed by atoms with E-state index < -0.39 is 6.23 Å². The lowest BCUT2D eigenvalue weighted by Gasteiger charge is -2.28. The van der Waals surface area contributed by atoms with Crippen molar-refractivity contribution in [1.82, 2.24) is 5.32 Å². The maximum Gasteiger partial charge on any atom is 0.151 e. The van der Waals surface area contributed by atoms with Crippen molar-refractivity contribution >= 4 is 45.1 Å². The number of benzene rings is 4. The van der Waals surface area contributed by atoms with Gasteiger partial charge in [-0.3, -0.25) is 0 Å². The van der Waals surface area contributed by atoms with Crippen LogP contribution < -0.4 is 14.4 Å². The molecule has 0 radical (unpaired) electrons. The predicted octanol–water partition coefficient (Wildman–Crippen LogP) is 10.2. The number of allylic oxidation sites excluding steroid dienone is 7. The zero-order valence-corrected chi connectivity index (χ0v) is 35.2. The summed E-state index contributed by atoms with van der Waals surface area (Å²) in [6.07, 6.45) is 11.8. The predicted molar refractivity (Wildman–Crippen MR) is 245 cm³/mol. The van der Waals surface area contributed by atoms with E-state index >= 15 is 0 Å². The lowest BCUT2D eigenvalue weighted by atomic mass is 9.83. The summed E-state index contributed by atoms with van der Waals surface area (Å²) in [6.45, 7) is 17.2. The highest BCUT2D eigenvalue weighted by molar-refractivity contribution is 7.08. The number of aryl methyl sites for hydroxylation is 8. The average Bonchev–Trinajstić information content (AvgIpc) is 3.97. The van der Waals surface area contributed by atoms with Crippen LogP contribution in [-0.4, -0.2) is 22.8 Å². The number of nitrogens with zero attached hydrogens (tertiary/aromatic N) is 2. The van der Waals surface area contributed by atoms with Gasteiger partial charge < -0.3 is 10.4 Å². The third-order valence-corrected chi connectivity index (χ3v) is 12.6. The summed E-state index contributed by atoms with van der Waals surface area (Å²) in [5.74, 6) is 0. The molecule has 0 saturated heterocycles. The topological polar surface area (TPSA) is 57.0 Å². The van der Waals surface area contributed by atoms with Gasteiger partial charge in [-0.2, -0.15) is 0 Å². The summed E-state index contributed by atoms with van der Waals surface area (Å²) in [6, 6.07) is 31.0. The minimum atomic E-state index is -0.968. The highest BCUT2D eigenvalue weighted by Gasteiger charge is 2.30. The van der Waals surface area contributed by atoms with E-state index in [-0.39, 0.29) is 0 Å². The highest BCUT2D eigenvalue weighted by atomic mass is 32.1. The van der Waals surface area contributed by atoms with Crippen molar-refractivity contribution in [3.8, 4) is 0 Å². The third-order valence-electron chi connectivity index (χ3n) is 11.5. The standard InChI is InChI=1S/C53H47N3OS/c1-29-9-13-37(14-10-29)49-41-17-19-43(55-41)51(47-33(5)23-31(3)24-34(47)6)39-27-40(53(57)54-28-39)52(48-35(7)25-32(4)26-36(48)8)44-20-18-42(56-44)50(46-22-21-45(49)58-46)38-15-11-30(2)12-16-38/h9-28,53-54,57H,1-8H3. The van der Waals surface area contributed by atoms with Crippen LogP contribution in [0.4, 0.5) is 0 Å². The molecule has 4 aliphatic rings. The first kappa shape index (κ1) is 37.4. The molecule has 1 atom stereocenters. The van der Waals surface area contributed by atoms with Crippen molar-refractivity contribution < 1.29 is 5.11 Å². The van der Waals surface area contributed by atoms with Crippen molar-refractivity contribution in [1.29, 1.82) is 0 Å². The number of aliphatic hydroxyl groups excluding tert-OH is 1. The first-order valence-corrected chi connectivity index (χ1v) is 20.8. The van der Waals surface area contributed by atoms with Crippen molar-refractivity contribution in [2.24, 2.45) is 9.98 Å². The smallest absolute Gasteiger partial charge is 0.151 e. The fraction of sp³-hybridized carbons (Fsp3) is 0.170. The number of nitrogens with one attached hydrogen (secondary N) is 1. The number of rotatable bonds is 4. The van der Waals surface area contributed by atoms with E-state index in [0.29, 0.717) is 0 Å². The van der Waals surface area contributed by atoms with Gasteiger partial charge in [-0.1, -0.05) is 95.1 Å². The molecule has 0 amide bonds. The number of dihydropyridines is 1. The normalized spacial score (nSPS) is 17.4. The number of aliphatic imine (C=N–C) groups is 2. The molecule has 4 nitrogen and oxygen atoms in total. The van der Waals surface area contributed by atoms with Crippen LogP contribution in [0.15, 0.2) is 154 Å². The minimum Gasteiger partial charge on any atom is -0.369 e. The molecule has 5 aromatic rings. The van der Waals surface area contributed by atoms with Gasteiger partial charge in [0.05, 0.1) is 22.8 Å². The van der Waals surface area contributed by atoms with E-state index in [9.17, 15) is 5.11 Å². The number of aliphatic hydroxyl groups is 1. The Morgan fingerprint density at radius 3 is 1.40 bits per heavy atom. The first-order chi connectivity index (χ1) is 27.9. The molecule has 0 spiro atoms. The molecular formula is C53H47N3OS. The highest BCUT2D eigenvalue weighted by Crippen LogP contribution is 2.42. The molecule has 0 aliphatic carbocycles. The summed E-state index contributed by atoms with van der Waals surface area (Å²) in [4.78, 5) is 11.1. The van der Waals surface area contributed by atoms with Crippen LogP contribution in [0.1, 0.15) is 66.8 Å². The summed E-state index contributed by atoms with van der Waals surface area (Å²) in [5, 5.41) is 15.4. The van der Waals surface area contributed by atoms with E-state index in [4.69, 9.17) is 9.98 Å². The van der Waals surface area contributed by atoms with Crippen LogP contribution >= 0.6 is 11.3 Å². The van der Waals surface area contributed by atoms with Crippen LogP contribution in [-0.2, 0) is 0 Å². The summed E-state index contributed by atoms with van der Waals surface area (Å²) >= 11 is 1.77. The lowest BCUT2D eigenvalue weighted by Crippen LogP contribution is -2.30. The van der Waals surface area contributed by atoms with Crippen LogP contribution in [0.25, 0.3) is 22.3 Å². The van der Waals surface area contributed by atoms with E-state index in [1.54, 1.807) is 11.3 Å². The van der Waals surface area contributed by atoms with Gasteiger partial charge in [-0.15, -0.1) is 11.3 Å². The molecule has 58 heavy (non-hydrogen) atoms. The Morgan fingerprint density at radius 1 is 0.500 bits per heavy atom. The molecule has 0 fully saturated rings. The summed E-state index contributed by atoms with van der Waals surface area (Å²) in [5.41, 5.74) is 23.2. The van der Waals surface area contributed by atoms with Crippen molar-refractivity contribution in [2.75, 3.05) is 0 Å². The number of thiophene rings is 1. The molecule has 1 aromatic heterocycles. The Hall–Kier alpha value is -6.14. The van der Waals surface area contributed by atoms with Gasteiger partial charge in [0, 0.05) is 48.7 Å². The Labute approximate surface area is 345 Å². The van der Waals surface area contributed by atoms with Crippen molar-refractivity contribution in [2.45, 2.75) is 61.6 Å². The molecule has 0 saturated carbocycles. The zero-order valence-electron chi connectivity index (χ0n) is 34.4. The number of fused-ring (bicyclic) bond motifs is 5. The van der Waals surface area contributed by atoms with Crippen LogP contribution in [0, 0.1) is 55.4 Å². The maximum absolute atomic E-state index is 12.0. The van der Waals surface area contributed by atoms with Crippen LogP contribution in [0.3, 0.4) is 0 Å². The second kappa shape index (κ2) is 14.7. The first-order valence-electron chi connectivity index (χ1n) is 20.0. The minimum absolute atomic E-state index is 0.762. The second-order valence-electron chi connectivity index (χ2n) is 16.1. The molecule has 8 bridgehead atoms. The quantitative estimate of drug-likeness (QED) is 0.191. The van der Waals surface area contributed by atoms with Gasteiger partial charge in [-0.05, 0) is 142 Å². The SMILES string of the molecule is Cc1ccc(C2=c3ccc(s3)=C(c3ccc(C)cc3)C3=NC(=C(c4c(C)cc(C)cc4C)C4=CC(=CNC4O)C(c4c(C)cc(C)cc4C)=C4C=CC2=N4)C=C3)cc1. The Morgan fingerprint density at radius 2 is 0.931 bits per heavy atom. The Kier molecular flexibility index (Phi) is 9.46. The summed E-state index contributed by atoms with van der Waals surface area (Å²) in [7, 11) is 0. The van der Waals surface area contributed by atoms with Gasteiger partial charge in [0.25, 0.3) is 0 Å². The fourth-order valence-corrected chi connectivity index (χ4v) is 10.2. The lowest BCUT2D eigenvalue weighted by molar-refractivity contribution is 0.193. The molecule has 9 rings (SSSR count). The van der Waals surface area contributed by atoms with Gasteiger partial charge in [0.2, 0.25) is 0 Å². The van der Waals surface area contributed by atoms with E-state index in [1.807, 2.05) is 6.20 Å².